The molecule has 0 radical (unpaired) electrons. The first-order valence-electron chi connectivity index (χ1n) is 6.23. The summed E-state index contributed by atoms with van der Waals surface area (Å²) in [6, 6.07) is 0. The zero-order valence-corrected chi connectivity index (χ0v) is 11.5. The molecule has 1 rings (SSSR count). The van der Waals surface area contributed by atoms with Gasteiger partial charge in [0.2, 0.25) is 0 Å². The van der Waals surface area contributed by atoms with Gasteiger partial charge in [-0.3, -0.25) is 4.90 Å². The van der Waals surface area contributed by atoms with Crippen LogP contribution in [0.3, 0.4) is 0 Å². The lowest BCUT2D eigenvalue weighted by atomic mass is 10.4. The van der Waals surface area contributed by atoms with E-state index in [1.54, 1.807) is 0 Å². The van der Waals surface area contributed by atoms with Gasteiger partial charge in [-0.1, -0.05) is 6.92 Å². The molecule has 1 unspecified atom stereocenters. The molecule has 1 saturated heterocycles. The second-order valence-corrected chi connectivity index (χ2v) is 6.46. The minimum atomic E-state index is -2.78. The molecule has 1 aliphatic rings. The quantitative estimate of drug-likeness (QED) is 0.628. The van der Waals surface area contributed by atoms with Crippen molar-refractivity contribution in [1.82, 2.24) is 4.90 Å². The summed E-state index contributed by atoms with van der Waals surface area (Å²) in [7, 11) is -2.78. The molecule has 0 aromatic carbocycles. The smallest absolute Gasteiger partial charge is 0.157 e. The Morgan fingerprint density at radius 3 is 2.35 bits per heavy atom. The minimum Gasteiger partial charge on any atom is -0.353 e. The predicted octanol–water partition coefficient (Wildman–Crippen LogP) is 0.506. The van der Waals surface area contributed by atoms with E-state index in [0.29, 0.717) is 26.3 Å². The van der Waals surface area contributed by atoms with Gasteiger partial charge in [-0.2, -0.15) is 0 Å². The van der Waals surface area contributed by atoms with E-state index in [0.717, 1.165) is 13.0 Å². The molecule has 0 aromatic rings. The number of nitrogens with zero attached hydrogens (tertiary/aromatic N) is 1. The summed E-state index contributed by atoms with van der Waals surface area (Å²) >= 11 is 0. The molecule has 0 bridgehead atoms. The highest BCUT2D eigenvalue weighted by atomic mass is 32.2. The van der Waals surface area contributed by atoms with Crippen molar-refractivity contribution < 1.29 is 17.9 Å². The molecule has 1 heterocycles. The number of hydrogen-bond donors (Lipinski definition) is 0. The van der Waals surface area contributed by atoms with Gasteiger partial charge in [-0.15, -0.1) is 0 Å². The zero-order valence-electron chi connectivity index (χ0n) is 10.7. The van der Waals surface area contributed by atoms with Crippen LogP contribution in [0.25, 0.3) is 0 Å². The van der Waals surface area contributed by atoms with E-state index in [4.69, 9.17) is 9.47 Å². The molecule has 0 saturated carbocycles. The van der Waals surface area contributed by atoms with E-state index in [1.807, 2.05) is 13.8 Å². The van der Waals surface area contributed by atoms with Crippen LogP contribution in [-0.4, -0.2) is 64.0 Å². The van der Waals surface area contributed by atoms with E-state index < -0.39 is 9.84 Å². The van der Waals surface area contributed by atoms with Crippen LogP contribution in [0.15, 0.2) is 0 Å². The van der Waals surface area contributed by atoms with Crippen LogP contribution >= 0.6 is 0 Å². The van der Waals surface area contributed by atoms with Crippen molar-refractivity contribution >= 4 is 9.84 Å². The van der Waals surface area contributed by atoms with Gasteiger partial charge in [0.25, 0.3) is 0 Å². The Bertz CT molecular complexity index is 291. The van der Waals surface area contributed by atoms with Crippen LogP contribution in [-0.2, 0) is 19.3 Å². The maximum absolute atomic E-state index is 11.2. The first-order chi connectivity index (χ1) is 8.07. The summed E-state index contributed by atoms with van der Waals surface area (Å²) in [4.78, 5) is 2.12. The molecule has 0 aromatic heterocycles. The van der Waals surface area contributed by atoms with E-state index in [2.05, 4.69) is 4.90 Å². The number of sulfone groups is 1. The van der Waals surface area contributed by atoms with Gasteiger partial charge in [0, 0.05) is 26.2 Å². The Labute approximate surface area is 104 Å². The highest BCUT2D eigenvalue weighted by Crippen LogP contribution is 2.05. The predicted molar refractivity (Wildman–Crippen MR) is 66.8 cm³/mol. The van der Waals surface area contributed by atoms with E-state index in [1.165, 1.54) is 0 Å². The average molecular weight is 265 g/mol. The Hall–Kier alpha value is -0.170. The van der Waals surface area contributed by atoms with Crippen molar-refractivity contribution in [3.63, 3.8) is 0 Å². The van der Waals surface area contributed by atoms with Gasteiger partial charge in [0.1, 0.15) is 0 Å². The third-order valence-electron chi connectivity index (χ3n) is 2.83. The van der Waals surface area contributed by atoms with Gasteiger partial charge in [0.15, 0.2) is 16.1 Å². The molecule has 1 aliphatic heterocycles. The van der Waals surface area contributed by atoms with Crippen molar-refractivity contribution in [2.45, 2.75) is 26.6 Å². The van der Waals surface area contributed by atoms with Crippen LogP contribution in [0, 0.1) is 0 Å². The second kappa shape index (κ2) is 7.31. The molecule has 6 heteroatoms. The molecule has 0 aliphatic carbocycles. The molecule has 0 N–H and O–H groups in total. The summed E-state index contributed by atoms with van der Waals surface area (Å²) in [5.74, 6) is 0.547. The van der Waals surface area contributed by atoms with Crippen molar-refractivity contribution in [2.24, 2.45) is 0 Å². The average Bonchev–Trinajstić information content (AvgIpc) is 2.30. The standard InChI is InChI=1S/C11H23NO4S/c1-3-11(15-4-2)16-8-5-12-6-9-17(13,14)10-7-12/h11H,3-10H2,1-2H3. The number of hydrogen-bond acceptors (Lipinski definition) is 5. The monoisotopic (exact) mass is 265 g/mol. The maximum Gasteiger partial charge on any atom is 0.157 e. The fourth-order valence-corrected chi connectivity index (χ4v) is 3.03. The summed E-state index contributed by atoms with van der Waals surface area (Å²) in [5, 5.41) is 0. The molecular weight excluding hydrogens is 242 g/mol. The Kier molecular flexibility index (Phi) is 6.40. The van der Waals surface area contributed by atoms with Crippen molar-refractivity contribution in [3.05, 3.63) is 0 Å². The summed E-state index contributed by atoms with van der Waals surface area (Å²) in [6.07, 6.45) is 0.705. The molecule has 1 fully saturated rings. The Morgan fingerprint density at radius 2 is 1.82 bits per heavy atom. The van der Waals surface area contributed by atoms with E-state index in [-0.39, 0.29) is 17.8 Å². The molecule has 1 atom stereocenters. The molecule has 0 spiro atoms. The molecule has 17 heavy (non-hydrogen) atoms. The van der Waals surface area contributed by atoms with Crippen LogP contribution in [0.1, 0.15) is 20.3 Å². The third-order valence-corrected chi connectivity index (χ3v) is 4.44. The zero-order chi connectivity index (χ0) is 12.7. The maximum atomic E-state index is 11.2. The topological polar surface area (TPSA) is 55.8 Å². The van der Waals surface area contributed by atoms with Crippen molar-refractivity contribution in [2.75, 3.05) is 44.4 Å². The second-order valence-electron chi connectivity index (χ2n) is 4.16. The fourth-order valence-electron chi connectivity index (χ4n) is 1.76. The normalized spacial score (nSPS) is 22.5. The molecule has 5 nitrogen and oxygen atoms in total. The SMILES string of the molecule is CCOC(CC)OCCN1CCS(=O)(=O)CC1. The summed E-state index contributed by atoms with van der Waals surface area (Å²) in [5.41, 5.74) is 0. The van der Waals surface area contributed by atoms with Gasteiger partial charge in [-0.05, 0) is 13.3 Å². The lowest BCUT2D eigenvalue weighted by Crippen LogP contribution is -2.42. The van der Waals surface area contributed by atoms with Gasteiger partial charge in [-0.25, -0.2) is 8.42 Å². The van der Waals surface area contributed by atoms with Crippen molar-refractivity contribution in [1.29, 1.82) is 0 Å². The molecular formula is C11H23NO4S. The number of rotatable bonds is 7. The van der Waals surface area contributed by atoms with Crippen molar-refractivity contribution in [3.8, 4) is 0 Å². The molecule has 102 valence electrons. The van der Waals surface area contributed by atoms with Crippen LogP contribution in [0.2, 0.25) is 0 Å². The third kappa shape index (κ3) is 5.81. The Morgan fingerprint density at radius 1 is 1.18 bits per heavy atom. The van der Waals surface area contributed by atoms with E-state index >= 15 is 0 Å². The lowest BCUT2D eigenvalue weighted by Gasteiger charge is -2.27. The van der Waals surface area contributed by atoms with Gasteiger partial charge < -0.3 is 9.47 Å². The lowest BCUT2D eigenvalue weighted by molar-refractivity contribution is -0.142. The number of ether oxygens (including phenoxy) is 2. The first kappa shape index (κ1) is 14.9. The van der Waals surface area contributed by atoms with Crippen LogP contribution in [0.5, 0.6) is 0 Å². The highest BCUT2D eigenvalue weighted by Gasteiger charge is 2.21. The minimum absolute atomic E-state index is 0.131. The van der Waals surface area contributed by atoms with Crippen LogP contribution < -0.4 is 0 Å². The molecule has 0 amide bonds. The van der Waals surface area contributed by atoms with E-state index in [9.17, 15) is 8.42 Å². The van der Waals surface area contributed by atoms with Gasteiger partial charge in [0.05, 0.1) is 18.1 Å². The highest BCUT2D eigenvalue weighted by molar-refractivity contribution is 7.91. The first-order valence-corrected chi connectivity index (χ1v) is 8.05. The fraction of sp³-hybridized carbons (Fsp3) is 1.00. The largest absolute Gasteiger partial charge is 0.353 e. The van der Waals surface area contributed by atoms with Crippen LogP contribution in [0.4, 0.5) is 0 Å². The Balaban J connectivity index is 2.15. The summed E-state index contributed by atoms with van der Waals surface area (Å²) in [6.45, 7) is 7.24. The van der Waals surface area contributed by atoms with Gasteiger partial charge >= 0.3 is 0 Å². The summed E-state index contributed by atoms with van der Waals surface area (Å²) < 4.78 is 33.4.